The largest absolute Gasteiger partial charge is 0.342 e. The number of amides is 1. The van der Waals surface area contributed by atoms with Crippen LogP contribution < -0.4 is 0 Å². The number of rotatable bonds is 6. The van der Waals surface area contributed by atoms with E-state index in [9.17, 15) is 13.2 Å². The number of halogens is 1. The van der Waals surface area contributed by atoms with E-state index < -0.39 is 10.0 Å². The van der Waals surface area contributed by atoms with E-state index in [-0.39, 0.29) is 23.9 Å². The first kappa shape index (κ1) is 19.1. The number of benzene rings is 2. The van der Waals surface area contributed by atoms with E-state index in [1.165, 1.54) is 4.31 Å². The Morgan fingerprint density at radius 3 is 2.23 bits per heavy atom. The van der Waals surface area contributed by atoms with E-state index in [0.717, 1.165) is 22.9 Å². The standard InChI is InChI=1S/C19H21BrN2O3S/c20-17-10-8-16(9-11-17)14-22(15-19(23)21-12-4-5-13-21)26(24,25)18-6-2-1-3-7-18/h1-3,6-11H,4-5,12-15H2. The number of sulfonamides is 1. The van der Waals surface area contributed by atoms with Crippen LogP contribution in [0.3, 0.4) is 0 Å². The van der Waals surface area contributed by atoms with Gasteiger partial charge in [0.25, 0.3) is 0 Å². The zero-order valence-corrected chi connectivity index (χ0v) is 16.7. The van der Waals surface area contributed by atoms with Gasteiger partial charge in [0.1, 0.15) is 0 Å². The topological polar surface area (TPSA) is 57.7 Å². The summed E-state index contributed by atoms with van der Waals surface area (Å²) in [6.07, 6.45) is 1.95. The van der Waals surface area contributed by atoms with Crippen molar-refractivity contribution >= 4 is 31.9 Å². The van der Waals surface area contributed by atoms with Crippen LogP contribution in [0.1, 0.15) is 18.4 Å². The van der Waals surface area contributed by atoms with Crippen LogP contribution in [0, 0.1) is 0 Å². The molecule has 0 atom stereocenters. The summed E-state index contributed by atoms with van der Waals surface area (Å²) in [4.78, 5) is 14.5. The highest BCUT2D eigenvalue weighted by atomic mass is 79.9. The van der Waals surface area contributed by atoms with Crippen molar-refractivity contribution in [2.45, 2.75) is 24.3 Å². The van der Waals surface area contributed by atoms with Crippen molar-refractivity contribution in [1.82, 2.24) is 9.21 Å². The minimum atomic E-state index is -3.76. The molecular formula is C19H21BrN2O3S. The molecule has 0 N–H and O–H groups in total. The van der Waals surface area contributed by atoms with Crippen LogP contribution in [0.15, 0.2) is 64.0 Å². The Bertz CT molecular complexity index is 848. The van der Waals surface area contributed by atoms with Gasteiger partial charge < -0.3 is 4.90 Å². The van der Waals surface area contributed by atoms with Crippen molar-refractivity contribution in [3.05, 3.63) is 64.6 Å². The predicted octanol–water partition coefficient (Wildman–Crippen LogP) is 3.26. The van der Waals surface area contributed by atoms with Crippen LogP contribution in [-0.2, 0) is 21.4 Å². The van der Waals surface area contributed by atoms with Gasteiger partial charge in [0.15, 0.2) is 0 Å². The molecule has 5 nitrogen and oxygen atoms in total. The van der Waals surface area contributed by atoms with Gasteiger partial charge in [-0.15, -0.1) is 0 Å². The molecule has 1 aliphatic rings. The smallest absolute Gasteiger partial charge is 0.243 e. The van der Waals surface area contributed by atoms with Gasteiger partial charge in [-0.25, -0.2) is 8.42 Å². The molecule has 1 heterocycles. The highest BCUT2D eigenvalue weighted by molar-refractivity contribution is 9.10. The molecule has 0 aliphatic carbocycles. The third-order valence-corrected chi connectivity index (χ3v) is 6.76. The number of carbonyl (C=O) groups is 1. The molecule has 0 radical (unpaired) electrons. The van der Waals surface area contributed by atoms with Gasteiger partial charge in [-0.05, 0) is 42.7 Å². The molecule has 1 fully saturated rings. The Morgan fingerprint density at radius 1 is 1.00 bits per heavy atom. The van der Waals surface area contributed by atoms with Gasteiger partial charge in [0, 0.05) is 24.1 Å². The minimum absolute atomic E-state index is 0.140. The first-order chi connectivity index (χ1) is 12.5. The van der Waals surface area contributed by atoms with Crippen LogP contribution in [0.4, 0.5) is 0 Å². The van der Waals surface area contributed by atoms with Gasteiger partial charge in [-0.2, -0.15) is 4.31 Å². The van der Waals surface area contributed by atoms with Crippen molar-refractivity contribution < 1.29 is 13.2 Å². The van der Waals surface area contributed by atoms with Crippen molar-refractivity contribution in [1.29, 1.82) is 0 Å². The van der Waals surface area contributed by atoms with E-state index >= 15 is 0 Å². The van der Waals surface area contributed by atoms with Crippen LogP contribution in [0.25, 0.3) is 0 Å². The molecule has 3 rings (SSSR count). The maximum Gasteiger partial charge on any atom is 0.243 e. The Balaban J connectivity index is 1.87. The fourth-order valence-corrected chi connectivity index (χ4v) is 4.64. The predicted molar refractivity (Wildman–Crippen MR) is 104 cm³/mol. The fourth-order valence-electron chi connectivity index (χ4n) is 2.98. The quantitative estimate of drug-likeness (QED) is 0.697. The second-order valence-corrected chi connectivity index (χ2v) is 9.15. The average molecular weight is 437 g/mol. The zero-order valence-electron chi connectivity index (χ0n) is 14.3. The second kappa shape index (κ2) is 8.33. The number of hydrogen-bond donors (Lipinski definition) is 0. The summed E-state index contributed by atoms with van der Waals surface area (Å²) in [5.74, 6) is -0.140. The SMILES string of the molecule is O=C(CN(Cc1ccc(Br)cc1)S(=O)(=O)c1ccccc1)N1CCCC1. The summed E-state index contributed by atoms with van der Waals surface area (Å²) in [6.45, 7) is 1.42. The molecule has 2 aromatic carbocycles. The van der Waals surface area contributed by atoms with Crippen molar-refractivity contribution in [3.63, 3.8) is 0 Å². The van der Waals surface area contributed by atoms with E-state index in [0.29, 0.717) is 13.1 Å². The van der Waals surface area contributed by atoms with E-state index in [1.807, 2.05) is 24.3 Å². The van der Waals surface area contributed by atoms with Crippen LogP contribution in [0.5, 0.6) is 0 Å². The molecule has 1 saturated heterocycles. The zero-order chi connectivity index (χ0) is 18.6. The average Bonchev–Trinajstić information content (AvgIpc) is 3.18. The Labute approximate surface area is 162 Å². The first-order valence-electron chi connectivity index (χ1n) is 8.54. The van der Waals surface area contributed by atoms with Gasteiger partial charge in [0.05, 0.1) is 11.4 Å². The molecule has 26 heavy (non-hydrogen) atoms. The Morgan fingerprint density at radius 2 is 1.62 bits per heavy atom. The highest BCUT2D eigenvalue weighted by Crippen LogP contribution is 2.20. The number of hydrogen-bond acceptors (Lipinski definition) is 3. The molecule has 1 aliphatic heterocycles. The van der Waals surface area contributed by atoms with E-state index in [4.69, 9.17) is 0 Å². The molecule has 7 heteroatoms. The van der Waals surface area contributed by atoms with Crippen LogP contribution >= 0.6 is 15.9 Å². The van der Waals surface area contributed by atoms with E-state index in [2.05, 4.69) is 15.9 Å². The molecule has 0 spiro atoms. The lowest BCUT2D eigenvalue weighted by Gasteiger charge is -2.24. The Kier molecular flexibility index (Phi) is 6.11. The van der Waals surface area contributed by atoms with Crippen molar-refractivity contribution in [3.8, 4) is 0 Å². The number of likely N-dealkylation sites (tertiary alicyclic amines) is 1. The normalized spacial score (nSPS) is 14.8. The van der Waals surface area contributed by atoms with Gasteiger partial charge in [-0.3, -0.25) is 4.79 Å². The molecule has 0 saturated carbocycles. The number of nitrogens with zero attached hydrogens (tertiary/aromatic N) is 2. The minimum Gasteiger partial charge on any atom is -0.342 e. The van der Waals surface area contributed by atoms with Gasteiger partial charge >= 0.3 is 0 Å². The monoisotopic (exact) mass is 436 g/mol. The lowest BCUT2D eigenvalue weighted by atomic mass is 10.2. The molecule has 138 valence electrons. The summed E-state index contributed by atoms with van der Waals surface area (Å²) < 4.78 is 28.4. The Hall–Kier alpha value is -1.70. The summed E-state index contributed by atoms with van der Waals surface area (Å²) in [7, 11) is -3.76. The molecule has 0 aromatic heterocycles. The first-order valence-corrected chi connectivity index (χ1v) is 10.8. The summed E-state index contributed by atoms with van der Waals surface area (Å²) in [5, 5.41) is 0. The second-order valence-electron chi connectivity index (χ2n) is 6.30. The summed E-state index contributed by atoms with van der Waals surface area (Å²) >= 11 is 3.38. The summed E-state index contributed by atoms with van der Waals surface area (Å²) in [6, 6.07) is 15.7. The lowest BCUT2D eigenvalue weighted by Crippen LogP contribution is -2.41. The molecule has 0 bridgehead atoms. The third kappa shape index (κ3) is 4.52. The lowest BCUT2D eigenvalue weighted by molar-refractivity contribution is -0.130. The van der Waals surface area contributed by atoms with Crippen molar-refractivity contribution in [2.24, 2.45) is 0 Å². The maximum absolute atomic E-state index is 13.1. The summed E-state index contributed by atoms with van der Waals surface area (Å²) in [5.41, 5.74) is 0.835. The van der Waals surface area contributed by atoms with Gasteiger partial charge in [-0.1, -0.05) is 46.3 Å². The van der Waals surface area contributed by atoms with Crippen LogP contribution in [0.2, 0.25) is 0 Å². The molecule has 0 unspecified atom stereocenters. The van der Waals surface area contributed by atoms with E-state index in [1.54, 1.807) is 35.2 Å². The molecular weight excluding hydrogens is 416 g/mol. The molecule has 1 amide bonds. The maximum atomic E-state index is 13.1. The van der Waals surface area contributed by atoms with Gasteiger partial charge in [0.2, 0.25) is 15.9 Å². The van der Waals surface area contributed by atoms with Crippen LogP contribution in [-0.4, -0.2) is 43.2 Å². The third-order valence-electron chi connectivity index (χ3n) is 4.42. The fraction of sp³-hybridized carbons (Fsp3) is 0.316. The highest BCUT2D eigenvalue weighted by Gasteiger charge is 2.29. The molecule has 2 aromatic rings. The number of carbonyl (C=O) groups excluding carboxylic acids is 1. The van der Waals surface area contributed by atoms with Crippen molar-refractivity contribution in [2.75, 3.05) is 19.6 Å².